The Morgan fingerprint density at radius 2 is 2.06 bits per heavy atom. The Balaban J connectivity index is 2.49. The van der Waals surface area contributed by atoms with Crippen LogP contribution < -0.4 is 4.74 Å². The molecule has 0 radical (unpaired) electrons. The Morgan fingerprint density at radius 1 is 1.33 bits per heavy atom. The van der Waals surface area contributed by atoms with Gasteiger partial charge in [0.15, 0.2) is 5.78 Å². The smallest absolute Gasteiger partial charge is 0.197 e. The van der Waals surface area contributed by atoms with E-state index in [-0.39, 0.29) is 5.78 Å². The summed E-state index contributed by atoms with van der Waals surface area (Å²) in [5, 5.41) is 0.548. The molecule has 0 aliphatic carbocycles. The predicted molar refractivity (Wildman–Crippen MR) is 78.2 cm³/mol. The molecule has 0 fully saturated rings. The third-order valence-electron chi connectivity index (χ3n) is 2.54. The SMILES string of the molecule is COc1cc(Cl)ccc1C(=O)c1cc(Br)sc1C. The molecular formula is C13H10BrClO2S. The van der Waals surface area contributed by atoms with Gasteiger partial charge in [-0.2, -0.15) is 0 Å². The summed E-state index contributed by atoms with van der Waals surface area (Å²) in [6.07, 6.45) is 0. The zero-order chi connectivity index (χ0) is 13.3. The quantitative estimate of drug-likeness (QED) is 0.753. The van der Waals surface area contributed by atoms with Crippen LogP contribution in [0.2, 0.25) is 5.02 Å². The van der Waals surface area contributed by atoms with E-state index in [2.05, 4.69) is 15.9 Å². The van der Waals surface area contributed by atoms with Gasteiger partial charge >= 0.3 is 0 Å². The van der Waals surface area contributed by atoms with Crippen LogP contribution in [0.4, 0.5) is 0 Å². The number of carbonyl (C=O) groups excluding carboxylic acids is 1. The van der Waals surface area contributed by atoms with E-state index in [1.165, 1.54) is 18.4 Å². The van der Waals surface area contributed by atoms with Gasteiger partial charge < -0.3 is 4.74 Å². The van der Waals surface area contributed by atoms with Crippen LogP contribution >= 0.6 is 38.9 Å². The maximum Gasteiger partial charge on any atom is 0.197 e. The van der Waals surface area contributed by atoms with Gasteiger partial charge in [0.2, 0.25) is 0 Å². The van der Waals surface area contributed by atoms with Crippen molar-refractivity contribution in [2.75, 3.05) is 7.11 Å². The Labute approximate surface area is 123 Å². The van der Waals surface area contributed by atoms with Crippen molar-refractivity contribution < 1.29 is 9.53 Å². The van der Waals surface area contributed by atoms with Crippen LogP contribution in [0, 0.1) is 6.92 Å². The summed E-state index contributed by atoms with van der Waals surface area (Å²) >= 11 is 10.8. The van der Waals surface area contributed by atoms with Crippen LogP contribution in [0.15, 0.2) is 28.1 Å². The van der Waals surface area contributed by atoms with E-state index < -0.39 is 0 Å². The van der Waals surface area contributed by atoms with E-state index >= 15 is 0 Å². The van der Waals surface area contributed by atoms with Gasteiger partial charge in [-0.25, -0.2) is 0 Å². The van der Waals surface area contributed by atoms with Gasteiger partial charge in [0.25, 0.3) is 0 Å². The molecule has 0 aliphatic heterocycles. The van der Waals surface area contributed by atoms with Gasteiger partial charge in [0.1, 0.15) is 5.75 Å². The second-order valence-electron chi connectivity index (χ2n) is 3.69. The van der Waals surface area contributed by atoms with Crippen LogP contribution in [0.5, 0.6) is 5.75 Å². The second-order valence-corrected chi connectivity index (χ2v) is 6.77. The highest BCUT2D eigenvalue weighted by Gasteiger charge is 2.18. The number of hydrogen-bond donors (Lipinski definition) is 0. The molecule has 0 amide bonds. The number of benzene rings is 1. The van der Waals surface area contributed by atoms with Gasteiger partial charge in [-0.1, -0.05) is 11.6 Å². The summed E-state index contributed by atoms with van der Waals surface area (Å²) in [6, 6.07) is 6.85. The summed E-state index contributed by atoms with van der Waals surface area (Å²) < 4.78 is 6.14. The number of hydrogen-bond acceptors (Lipinski definition) is 3. The minimum absolute atomic E-state index is 0.0528. The Hall–Kier alpha value is -0.840. The maximum atomic E-state index is 12.4. The fraction of sp³-hybridized carbons (Fsp3) is 0.154. The Kier molecular flexibility index (Phi) is 4.10. The number of carbonyl (C=O) groups is 1. The molecule has 0 saturated heterocycles. The van der Waals surface area contributed by atoms with E-state index in [1.807, 2.05) is 13.0 Å². The molecule has 0 unspecified atom stereocenters. The lowest BCUT2D eigenvalue weighted by Gasteiger charge is -2.07. The lowest BCUT2D eigenvalue weighted by atomic mass is 10.0. The Bertz CT molecular complexity index is 607. The number of methoxy groups -OCH3 is 1. The minimum atomic E-state index is -0.0528. The van der Waals surface area contributed by atoms with Crippen molar-refractivity contribution in [3.8, 4) is 5.75 Å². The van der Waals surface area contributed by atoms with Crippen LogP contribution in [-0.2, 0) is 0 Å². The summed E-state index contributed by atoms with van der Waals surface area (Å²) in [7, 11) is 1.53. The van der Waals surface area contributed by atoms with Gasteiger partial charge in [-0.15, -0.1) is 11.3 Å². The lowest BCUT2D eigenvalue weighted by molar-refractivity contribution is 0.103. The number of aryl methyl sites for hydroxylation is 1. The molecule has 0 spiro atoms. The average Bonchev–Trinajstić information content (AvgIpc) is 2.67. The molecule has 5 heteroatoms. The predicted octanol–water partition coefficient (Wildman–Crippen LogP) is 4.71. The van der Waals surface area contributed by atoms with E-state index in [4.69, 9.17) is 16.3 Å². The molecule has 18 heavy (non-hydrogen) atoms. The van der Waals surface area contributed by atoms with Crippen molar-refractivity contribution in [2.45, 2.75) is 6.92 Å². The number of ketones is 1. The fourth-order valence-electron chi connectivity index (χ4n) is 1.67. The van der Waals surface area contributed by atoms with Crippen molar-refractivity contribution in [1.82, 2.24) is 0 Å². The summed E-state index contributed by atoms with van der Waals surface area (Å²) in [6.45, 7) is 1.92. The first-order chi connectivity index (χ1) is 8.52. The van der Waals surface area contributed by atoms with Crippen molar-refractivity contribution >= 4 is 44.7 Å². The van der Waals surface area contributed by atoms with Crippen molar-refractivity contribution in [3.05, 3.63) is 49.1 Å². The lowest BCUT2D eigenvalue weighted by Crippen LogP contribution is -2.04. The first-order valence-electron chi connectivity index (χ1n) is 5.17. The first-order valence-corrected chi connectivity index (χ1v) is 7.16. The molecule has 1 aromatic heterocycles. The van der Waals surface area contributed by atoms with Gasteiger partial charge in [-0.05, 0) is 47.1 Å². The third kappa shape index (κ3) is 2.60. The van der Waals surface area contributed by atoms with Crippen LogP contribution in [0.1, 0.15) is 20.8 Å². The molecule has 2 rings (SSSR count). The number of ether oxygens (including phenoxy) is 1. The van der Waals surface area contributed by atoms with Crippen molar-refractivity contribution in [1.29, 1.82) is 0 Å². The maximum absolute atomic E-state index is 12.4. The standard InChI is InChI=1S/C13H10BrClO2S/c1-7-10(6-12(14)18-7)13(16)9-4-3-8(15)5-11(9)17-2/h3-6H,1-2H3. The molecule has 0 aliphatic rings. The number of rotatable bonds is 3. The highest BCUT2D eigenvalue weighted by atomic mass is 79.9. The van der Waals surface area contributed by atoms with Crippen LogP contribution in [0.25, 0.3) is 0 Å². The van der Waals surface area contributed by atoms with Crippen molar-refractivity contribution in [3.63, 3.8) is 0 Å². The molecule has 0 N–H and O–H groups in total. The van der Waals surface area contributed by atoms with Gasteiger partial charge in [0, 0.05) is 15.5 Å². The summed E-state index contributed by atoms with van der Waals surface area (Å²) in [5.74, 6) is 0.442. The molecule has 94 valence electrons. The number of halogens is 2. The van der Waals surface area contributed by atoms with Crippen LogP contribution in [0.3, 0.4) is 0 Å². The molecule has 0 atom stereocenters. The summed E-state index contributed by atoms with van der Waals surface area (Å²) in [5.41, 5.74) is 1.21. The highest BCUT2D eigenvalue weighted by Crippen LogP contribution is 2.31. The zero-order valence-corrected chi connectivity index (χ0v) is 12.9. The van der Waals surface area contributed by atoms with Crippen molar-refractivity contribution in [2.24, 2.45) is 0 Å². The van der Waals surface area contributed by atoms with Gasteiger partial charge in [0.05, 0.1) is 16.5 Å². The normalized spacial score (nSPS) is 10.4. The molecule has 1 aromatic carbocycles. The third-order valence-corrected chi connectivity index (χ3v) is 4.33. The number of thiophene rings is 1. The molecule has 2 aromatic rings. The monoisotopic (exact) mass is 344 g/mol. The van der Waals surface area contributed by atoms with E-state index in [1.54, 1.807) is 18.2 Å². The highest BCUT2D eigenvalue weighted by molar-refractivity contribution is 9.11. The van der Waals surface area contributed by atoms with Crippen LogP contribution in [-0.4, -0.2) is 12.9 Å². The molecule has 0 saturated carbocycles. The molecular weight excluding hydrogens is 336 g/mol. The van der Waals surface area contributed by atoms with E-state index in [0.29, 0.717) is 21.9 Å². The second kappa shape index (κ2) is 5.43. The minimum Gasteiger partial charge on any atom is -0.496 e. The average molecular weight is 346 g/mol. The molecule has 2 nitrogen and oxygen atoms in total. The van der Waals surface area contributed by atoms with E-state index in [0.717, 1.165) is 8.66 Å². The largest absolute Gasteiger partial charge is 0.496 e. The molecule has 1 heterocycles. The molecule has 0 bridgehead atoms. The zero-order valence-electron chi connectivity index (χ0n) is 9.79. The van der Waals surface area contributed by atoms with Gasteiger partial charge in [-0.3, -0.25) is 4.79 Å². The Morgan fingerprint density at radius 3 is 2.61 bits per heavy atom. The topological polar surface area (TPSA) is 26.3 Å². The first kappa shape index (κ1) is 13.6. The van der Waals surface area contributed by atoms with E-state index in [9.17, 15) is 4.79 Å². The summed E-state index contributed by atoms with van der Waals surface area (Å²) in [4.78, 5) is 13.4. The fourth-order valence-corrected chi connectivity index (χ4v) is 3.52.